The van der Waals surface area contributed by atoms with Gasteiger partial charge in [-0.05, 0) is 61.0 Å². The van der Waals surface area contributed by atoms with Crippen LogP contribution in [0.5, 0.6) is 5.75 Å². The molecule has 0 radical (unpaired) electrons. The van der Waals surface area contributed by atoms with Gasteiger partial charge in [-0.25, -0.2) is 9.69 Å². The molecule has 4 amide bonds. The zero-order chi connectivity index (χ0) is 21.3. The molecule has 1 N–H and O–H groups in total. The standard InChI is InChI=1S/C23H19N3O4/c1-15-12-16(14-25(15)17-6-4-3-5-7-17)13-20-21(27)24-23(29)26(22(20)28)18-8-10-19(30-2)11-9-18/h3-14H,1-2H3,(H,24,27,29)/b20-13-. The highest BCUT2D eigenvalue weighted by atomic mass is 16.5. The molecule has 0 atom stereocenters. The maximum atomic E-state index is 13.0. The van der Waals surface area contributed by atoms with E-state index < -0.39 is 17.8 Å². The van der Waals surface area contributed by atoms with Crippen LogP contribution < -0.4 is 15.0 Å². The molecule has 4 rings (SSSR count). The first-order chi connectivity index (χ1) is 14.5. The van der Waals surface area contributed by atoms with Crippen LogP contribution in [-0.2, 0) is 9.59 Å². The van der Waals surface area contributed by atoms with Gasteiger partial charge in [-0.3, -0.25) is 14.9 Å². The van der Waals surface area contributed by atoms with Crippen molar-refractivity contribution in [2.24, 2.45) is 0 Å². The van der Waals surface area contributed by atoms with Crippen molar-refractivity contribution < 1.29 is 19.1 Å². The number of nitrogens with zero attached hydrogens (tertiary/aromatic N) is 2. The average molecular weight is 401 g/mol. The van der Waals surface area contributed by atoms with Crippen LogP contribution in [-0.4, -0.2) is 29.5 Å². The maximum absolute atomic E-state index is 13.0. The summed E-state index contributed by atoms with van der Waals surface area (Å²) >= 11 is 0. The van der Waals surface area contributed by atoms with E-state index in [2.05, 4.69) is 5.32 Å². The van der Waals surface area contributed by atoms with Crippen molar-refractivity contribution in [2.45, 2.75) is 6.92 Å². The predicted octanol–water partition coefficient (Wildman–Crippen LogP) is 3.46. The zero-order valence-corrected chi connectivity index (χ0v) is 16.5. The molecule has 2 aromatic carbocycles. The molecule has 0 spiro atoms. The Labute approximate surface area is 173 Å². The summed E-state index contributed by atoms with van der Waals surface area (Å²) < 4.78 is 7.07. The number of hydrogen-bond acceptors (Lipinski definition) is 4. The predicted molar refractivity (Wildman–Crippen MR) is 113 cm³/mol. The maximum Gasteiger partial charge on any atom is 0.335 e. The number of para-hydroxylation sites is 1. The van der Waals surface area contributed by atoms with Gasteiger partial charge in [0.25, 0.3) is 11.8 Å². The molecule has 1 aliphatic heterocycles. The summed E-state index contributed by atoms with van der Waals surface area (Å²) in [6, 6.07) is 17.3. The summed E-state index contributed by atoms with van der Waals surface area (Å²) in [6.45, 7) is 1.94. The summed E-state index contributed by atoms with van der Waals surface area (Å²) in [4.78, 5) is 38.6. The molecule has 7 nitrogen and oxygen atoms in total. The van der Waals surface area contributed by atoms with Gasteiger partial charge in [0.05, 0.1) is 12.8 Å². The van der Waals surface area contributed by atoms with Crippen molar-refractivity contribution in [2.75, 3.05) is 12.0 Å². The Morgan fingerprint density at radius 1 is 0.933 bits per heavy atom. The van der Waals surface area contributed by atoms with Gasteiger partial charge in [0.1, 0.15) is 11.3 Å². The number of ether oxygens (including phenoxy) is 1. The van der Waals surface area contributed by atoms with Gasteiger partial charge in [-0.15, -0.1) is 0 Å². The first-order valence-electron chi connectivity index (χ1n) is 9.28. The van der Waals surface area contributed by atoms with Gasteiger partial charge in [-0.2, -0.15) is 0 Å². The fourth-order valence-corrected chi connectivity index (χ4v) is 3.33. The lowest BCUT2D eigenvalue weighted by molar-refractivity contribution is -0.122. The lowest BCUT2D eigenvalue weighted by Gasteiger charge is -2.26. The second-order valence-electron chi connectivity index (χ2n) is 6.78. The van der Waals surface area contributed by atoms with Crippen LogP contribution >= 0.6 is 0 Å². The van der Waals surface area contributed by atoms with Crippen LogP contribution in [0.1, 0.15) is 11.3 Å². The minimum absolute atomic E-state index is 0.115. The molecule has 0 unspecified atom stereocenters. The van der Waals surface area contributed by atoms with Crippen molar-refractivity contribution in [3.05, 3.63) is 83.7 Å². The molecule has 7 heteroatoms. The van der Waals surface area contributed by atoms with Crippen LogP contribution in [0.25, 0.3) is 11.8 Å². The number of barbiturate groups is 1. The van der Waals surface area contributed by atoms with E-state index in [1.54, 1.807) is 24.3 Å². The van der Waals surface area contributed by atoms with Gasteiger partial charge in [-0.1, -0.05) is 18.2 Å². The smallest absolute Gasteiger partial charge is 0.335 e. The molecule has 3 aromatic rings. The van der Waals surface area contributed by atoms with E-state index in [9.17, 15) is 14.4 Å². The van der Waals surface area contributed by atoms with E-state index in [4.69, 9.17) is 4.74 Å². The van der Waals surface area contributed by atoms with E-state index >= 15 is 0 Å². The van der Waals surface area contributed by atoms with Crippen LogP contribution in [0.15, 0.2) is 72.4 Å². The molecule has 30 heavy (non-hydrogen) atoms. The number of anilines is 1. The Balaban J connectivity index is 1.69. The molecular weight excluding hydrogens is 382 g/mol. The van der Waals surface area contributed by atoms with Gasteiger partial charge < -0.3 is 9.30 Å². The van der Waals surface area contributed by atoms with E-state index in [1.807, 2.05) is 54.1 Å². The Bertz CT molecular complexity index is 1160. The highest BCUT2D eigenvalue weighted by Gasteiger charge is 2.36. The largest absolute Gasteiger partial charge is 0.497 e. The first-order valence-corrected chi connectivity index (χ1v) is 9.28. The van der Waals surface area contributed by atoms with Gasteiger partial charge in [0, 0.05) is 17.6 Å². The first kappa shape index (κ1) is 19.2. The van der Waals surface area contributed by atoms with E-state index in [-0.39, 0.29) is 5.57 Å². The van der Waals surface area contributed by atoms with Crippen molar-refractivity contribution in [3.8, 4) is 11.4 Å². The number of aryl methyl sites for hydroxylation is 1. The van der Waals surface area contributed by atoms with Crippen LogP contribution in [0.2, 0.25) is 0 Å². The Morgan fingerprint density at radius 3 is 2.30 bits per heavy atom. The number of hydrogen-bond donors (Lipinski definition) is 1. The highest BCUT2D eigenvalue weighted by Crippen LogP contribution is 2.25. The number of rotatable bonds is 4. The summed E-state index contributed by atoms with van der Waals surface area (Å²) in [7, 11) is 1.52. The summed E-state index contributed by atoms with van der Waals surface area (Å²) in [5.41, 5.74) is 2.82. The van der Waals surface area contributed by atoms with Gasteiger partial charge in [0.2, 0.25) is 0 Å². The summed E-state index contributed by atoms with van der Waals surface area (Å²) in [6.07, 6.45) is 3.33. The minimum Gasteiger partial charge on any atom is -0.497 e. The molecule has 0 aliphatic carbocycles. The average Bonchev–Trinajstić information content (AvgIpc) is 3.12. The molecule has 2 heterocycles. The third-order valence-electron chi connectivity index (χ3n) is 4.81. The number of methoxy groups -OCH3 is 1. The topological polar surface area (TPSA) is 80.6 Å². The highest BCUT2D eigenvalue weighted by molar-refractivity contribution is 6.39. The van der Waals surface area contributed by atoms with E-state index in [0.717, 1.165) is 16.3 Å². The SMILES string of the molecule is COc1ccc(N2C(=O)NC(=O)/C(=C/c3cc(C)n(-c4ccccc4)c3)C2=O)cc1. The Morgan fingerprint density at radius 2 is 1.63 bits per heavy atom. The van der Waals surface area contributed by atoms with Crippen LogP contribution in [0.3, 0.4) is 0 Å². The van der Waals surface area contributed by atoms with Crippen molar-refractivity contribution >= 4 is 29.6 Å². The normalized spacial score (nSPS) is 15.5. The monoisotopic (exact) mass is 401 g/mol. The lowest BCUT2D eigenvalue weighted by atomic mass is 10.1. The summed E-state index contributed by atoms with van der Waals surface area (Å²) in [5, 5.41) is 2.23. The zero-order valence-electron chi connectivity index (χ0n) is 16.5. The fourth-order valence-electron chi connectivity index (χ4n) is 3.33. The molecule has 1 aliphatic rings. The number of urea groups is 1. The van der Waals surface area contributed by atoms with Crippen LogP contribution in [0.4, 0.5) is 10.5 Å². The van der Waals surface area contributed by atoms with Crippen molar-refractivity contribution in [3.63, 3.8) is 0 Å². The molecule has 0 bridgehead atoms. The third kappa shape index (κ3) is 3.48. The number of nitrogens with one attached hydrogen (secondary N) is 1. The number of benzene rings is 2. The number of aromatic nitrogens is 1. The second kappa shape index (κ2) is 7.71. The second-order valence-corrected chi connectivity index (χ2v) is 6.78. The van der Waals surface area contributed by atoms with Gasteiger partial charge >= 0.3 is 6.03 Å². The molecule has 0 saturated carbocycles. The molecule has 1 fully saturated rings. The molecule has 1 aromatic heterocycles. The molecule has 1 saturated heterocycles. The Hall–Kier alpha value is -4.13. The number of carbonyl (C=O) groups is 3. The van der Waals surface area contributed by atoms with Crippen LogP contribution in [0, 0.1) is 6.92 Å². The summed E-state index contributed by atoms with van der Waals surface area (Å²) in [5.74, 6) is -0.813. The number of carbonyl (C=O) groups excluding carboxylic acids is 3. The Kier molecular flexibility index (Phi) is 4.93. The van der Waals surface area contributed by atoms with Gasteiger partial charge in [0.15, 0.2) is 0 Å². The lowest BCUT2D eigenvalue weighted by Crippen LogP contribution is -2.54. The third-order valence-corrected chi connectivity index (χ3v) is 4.81. The number of amides is 4. The quantitative estimate of drug-likeness (QED) is 0.536. The molecular formula is C23H19N3O4. The van der Waals surface area contributed by atoms with E-state index in [0.29, 0.717) is 17.0 Å². The van der Waals surface area contributed by atoms with E-state index in [1.165, 1.54) is 13.2 Å². The molecule has 150 valence electrons. The van der Waals surface area contributed by atoms with Crippen molar-refractivity contribution in [1.82, 2.24) is 9.88 Å². The fraction of sp³-hybridized carbons (Fsp3) is 0.0870. The minimum atomic E-state index is -0.787. The number of imide groups is 2. The van der Waals surface area contributed by atoms with Crippen molar-refractivity contribution in [1.29, 1.82) is 0 Å².